The minimum Gasteiger partial charge on any atom is -0.356 e. The van der Waals surface area contributed by atoms with Crippen LogP contribution in [0.15, 0.2) is 103 Å². The number of fused-ring (bicyclic) bond motifs is 1. The molecule has 0 fully saturated rings. The minimum absolute atomic E-state index is 0.234. The summed E-state index contributed by atoms with van der Waals surface area (Å²) < 4.78 is 15.3. The molecule has 1 N–H and O–H groups in total. The van der Waals surface area contributed by atoms with Crippen molar-refractivity contribution in [2.45, 2.75) is 0 Å². The van der Waals surface area contributed by atoms with Crippen molar-refractivity contribution in [1.29, 1.82) is 0 Å². The summed E-state index contributed by atoms with van der Waals surface area (Å²) in [5.74, 6) is -0.234. The van der Waals surface area contributed by atoms with Gasteiger partial charge in [-0.1, -0.05) is 42.5 Å². The van der Waals surface area contributed by atoms with Gasteiger partial charge in [0.25, 0.3) is 0 Å². The first-order chi connectivity index (χ1) is 14.3. The summed E-state index contributed by atoms with van der Waals surface area (Å²) in [5, 5.41) is 3.43. The lowest BCUT2D eigenvalue weighted by atomic mass is 10.1. The van der Waals surface area contributed by atoms with E-state index in [4.69, 9.17) is 0 Å². The van der Waals surface area contributed by atoms with Crippen molar-refractivity contribution >= 4 is 17.0 Å². The normalized spacial score (nSPS) is 10.9. The monoisotopic (exact) mass is 379 g/mol. The molecule has 0 saturated carbocycles. The van der Waals surface area contributed by atoms with E-state index >= 15 is 0 Å². The van der Waals surface area contributed by atoms with E-state index in [9.17, 15) is 4.39 Å². The van der Waals surface area contributed by atoms with Gasteiger partial charge in [-0.15, -0.1) is 0 Å². The van der Waals surface area contributed by atoms with Gasteiger partial charge in [-0.2, -0.15) is 0 Å². The Morgan fingerprint density at radius 1 is 0.690 bits per heavy atom. The molecule has 0 atom stereocenters. The van der Waals surface area contributed by atoms with Gasteiger partial charge in [0.1, 0.15) is 11.5 Å². The molecule has 0 spiro atoms. The molecule has 0 bridgehead atoms. The Hall–Kier alpha value is -3.92. The number of imidazole rings is 1. The molecule has 5 aromatic rings. The Bertz CT molecular complexity index is 1270. The first-order valence-corrected chi connectivity index (χ1v) is 9.42. The summed E-state index contributed by atoms with van der Waals surface area (Å²) >= 11 is 0. The van der Waals surface area contributed by atoms with E-state index in [2.05, 4.69) is 26.8 Å². The SMILES string of the molecule is Fc1ccc(-c2ccn3c(-c4cccc(Nc5ccccc5)c4)cnc3c2)cc1. The molecule has 0 aliphatic carbocycles. The maximum Gasteiger partial charge on any atom is 0.137 e. The zero-order chi connectivity index (χ0) is 19.6. The number of aromatic nitrogens is 2. The molecule has 3 aromatic carbocycles. The number of rotatable bonds is 4. The first-order valence-electron chi connectivity index (χ1n) is 9.42. The predicted octanol–water partition coefficient (Wildman–Crippen LogP) is 6.55. The molecule has 0 saturated heterocycles. The summed E-state index contributed by atoms with van der Waals surface area (Å²) in [6, 6.07) is 28.9. The van der Waals surface area contributed by atoms with Crippen LogP contribution in [0.5, 0.6) is 0 Å². The highest BCUT2D eigenvalue weighted by Gasteiger charge is 2.08. The lowest BCUT2D eigenvalue weighted by Gasteiger charge is -2.09. The molecule has 0 aliphatic rings. The van der Waals surface area contributed by atoms with Crippen LogP contribution in [0.25, 0.3) is 28.0 Å². The lowest BCUT2D eigenvalue weighted by molar-refractivity contribution is 0.628. The zero-order valence-electron chi connectivity index (χ0n) is 15.6. The van der Waals surface area contributed by atoms with Crippen LogP contribution in [0.2, 0.25) is 0 Å². The minimum atomic E-state index is -0.234. The molecule has 2 heterocycles. The van der Waals surface area contributed by atoms with Crippen LogP contribution in [-0.4, -0.2) is 9.38 Å². The average Bonchev–Trinajstić information content (AvgIpc) is 3.18. The van der Waals surface area contributed by atoms with Crippen LogP contribution in [0, 0.1) is 5.82 Å². The van der Waals surface area contributed by atoms with Gasteiger partial charge in [0.05, 0.1) is 11.9 Å². The van der Waals surface area contributed by atoms with Crippen LogP contribution >= 0.6 is 0 Å². The Kier molecular flexibility index (Phi) is 4.30. The molecule has 0 aliphatic heterocycles. The van der Waals surface area contributed by atoms with Crippen LogP contribution in [0.3, 0.4) is 0 Å². The van der Waals surface area contributed by atoms with Gasteiger partial charge < -0.3 is 5.32 Å². The maximum atomic E-state index is 13.2. The fraction of sp³-hybridized carbons (Fsp3) is 0. The Labute approximate surface area is 168 Å². The number of para-hydroxylation sites is 1. The van der Waals surface area contributed by atoms with E-state index in [1.165, 1.54) is 12.1 Å². The van der Waals surface area contributed by atoms with E-state index in [-0.39, 0.29) is 5.82 Å². The third-order valence-electron chi connectivity index (χ3n) is 4.91. The number of pyridine rings is 1. The third kappa shape index (κ3) is 3.48. The molecular formula is C25H18FN3. The number of nitrogens with one attached hydrogen (secondary N) is 1. The molecule has 2 aromatic heterocycles. The summed E-state index contributed by atoms with van der Waals surface area (Å²) in [7, 11) is 0. The van der Waals surface area contributed by atoms with Crippen LogP contribution < -0.4 is 5.32 Å². The molecule has 5 rings (SSSR count). The second-order valence-electron chi connectivity index (χ2n) is 6.87. The van der Waals surface area contributed by atoms with Gasteiger partial charge in [0, 0.05) is 23.1 Å². The van der Waals surface area contributed by atoms with E-state index in [0.29, 0.717) is 0 Å². The first kappa shape index (κ1) is 17.2. The largest absolute Gasteiger partial charge is 0.356 e. The quantitative estimate of drug-likeness (QED) is 0.384. The van der Waals surface area contributed by atoms with E-state index in [1.54, 1.807) is 12.1 Å². The molecule has 0 radical (unpaired) electrons. The molecule has 0 unspecified atom stereocenters. The van der Waals surface area contributed by atoms with Gasteiger partial charge in [0.15, 0.2) is 0 Å². The lowest BCUT2D eigenvalue weighted by Crippen LogP contribution is -1.92. The highest BCUT2D eigenvalue weighted by Crippen LogP contribution is 2.28. The standard InChI is InChI=1S/C25H18FN3/c26-21-11-9-18(10-12-21)19-13-14-29-24(17-27-25(29)16-19)20-5-4-8-23(15-20)28-22-6-2-1-3-7-22/h1-17,28H. The topological polar surface area (TPSA) is 29.3 Å². The highest BCUT2D eigenvalue weighted by atomic mass is 19.1. The average molecular weight is 379 g/mol. The molecule has 29 heavy (non-hydrogen) atoms. The number of anilines is 2. The summed E-state index contributed by atoms with van der Waals surface area (Å²) in [5.41, 5.74) is 6.98. The fourth-order valence-electron chi connectivity index (χ4n) is 3.46. The Morgan fingerprint density at radius 3 is 2.31 bits per heavy atom. The second-order valence-corrected chi connectivity index (χ2v) is 6.87. The number of nitrogens with zero attached hydrogens (tertiary/aromatic N) is 2. The second kappa shape index (κ2) is 7.24. The predicted molar refractivity (Wildman–Crippen MR) is 116 cm³/mol. The fourth-order valence-corrected chi connectivity index (χ4v) is 3.46. The van der Waals surface area contributed by atoms with Crippen LogP contribution in [0.4, 0.5) is 15.8 Å². The van der Waals surface area contributed by atoms with Crippen molar-refractivity contribution in [2.75, 3.05) is 5.32 Å². The molecular weight excluding hydrogens is 361 g/mol. The number of benzene rings is 3. The van der Waals surface area contributed by atoms with Crippen molar-refractivity contribution in [2.24, 2.45) is 0 Å². The summed E-state index contributed by atoms with van der Waals surface area (Å²) in [6.07, 6.45) is 3.89. The molecule has 3 nitrogen and oxygen atoms in total. The van der Waals surface area contributed by atoms with Crippen LogP contribution in [0.1, 0.15) is 0 Å². The van der Waals surface area contributed by atoms with Crippen LogP contribution in [-0.2, 0) is 0 Å². The smallest absolute Gasteiger partial charge is 0.137 e. The van der Waals surface area contributed by atoms with E-state index < -0.39 is 0 Å². The van der Waals surface area contributed by atoms with E-state index in [1.807, 2.05) is 67.0 Å². The van der Waals surface area contributed by atoms with Crippen molar-refractivity contribution in [3.63, 3.8) is 0 Å². The summed E-state index contributed by atoms with van der Waals surface area (Å²) in [6.45, 7) is 0. The van der Waals surface area contributed by atoms with Gasteiger partial charge >= 0.3 is 0 Å². The Morgan fingerprint density at radius 2 is 1.48 bits per heavy atom. The maximum absolute atomic E-state index is 13.2. The summed E-state index contributed by atoms with van der Waals surface area (Å²) in [4.78, 5) is 4.58. The number of halogens is 1. The van der Waals surface area contributed by atoms with Crippen molar-refractivity contribution in [1.82, 2.24) is 9.38 Å². The van der Waals surface area contributed by atoms with Gasteiger partial charge in [-0.05, 0) is 59.7 Å². The van der Waals surface area contributed by atoms with Gasteiger partial charge in [-0.25, -0.2) is 9.37 Å². The zero-order valence-corrected chi connectivity index (χ0v) is 15.6. The molecule has 4 heteroatoms. The highest BCUT2D eigenvalue weighted by molar-refractivity contribution is 5.73. The Balaban J connectivity index is 1.49. The van der Waals surface area contributed by atoms with Gasteiger partial charge in [-0.3, -0.25) is 4.40 Å². The third-order valence-corrected chi connectivity index (χ3v) is 4.91. The molecule has 140 valence electrons. The molecule has 0 amide bonds. The number of hydrogen-bond donors (Lipinski definition) is 1. The van der Waals surface area contributed by atoms with E-state index in [0.717, 1.165) is 39.4 Å². The van der Waals surface area contributed by atoms with Crippen molar-refractivity contribution in [3.8, 4) is 22.4 Å². The van der Waals surface area contributed by atoms with Crippen molar-refractivity contribution < 1.29 is 4.39 Å². The van der Waals surface area contributed by atoms with Gasteiger partial charge in [0.2, 0.25) is 0 Å². The van der Waals surface area contributed by atoms with Crippen molar-refractivity contribution in [3.05, 3.63) is 109 Å². The number of hydrogen-bond acceptors (Lipinski definition) is 2.